The topological polar surface area (TPSA) is 102 Å². The quantitative estimate of drug-likeness (QED) is 0.826. The molecule has 7 heteroatoms. The number of hydrogen-bond donors (Lipinski definition) is 2. The molecule has 1 aliphatic rings. The molecule has 7 nitrogen and oxygen atoms in total. The monoisotopic (exact) mass is 283 g/mol. The highest BCUT2D eigenvalue weighted by Gasteiger charge is 2.30. The molecule has 1 aromatic heterocycles. The van der Waals surface area contributed by atoms with Crippen LogP contribution in [-0.4, -0.2) is 48.4 Å². The van der Waals surface area contributed by atoms with Crippen molar-refractivity contribution in [2.24, 2.45) is 5.73 Å². The van der Waals surface area contributed by atoms with Gasteiger partial charge in [0.1, 0.15) is 5.76 Å². The van der Waals surface area contributed by atoms with E-state index in [0.29, 0.717) is 31.3 Å². The van der Waals surface area contributed by atoms with Crippen LogP contribution in [0.4, 0.5) is 6.01 Å². The zero-order valence-electron chi connectivity index (χ0n) is 11.8. The predicted molar refractivity (Wildman–Crippen MR) is 73.1 cm³/mol. The molecular formula is C13H21N3O4. The van der Waals surface area contributed by atoms with Crippen molar-refractivity contribution >= 4 is 12.0 Å². The molecule has 1 saturated heterocycles. The number of aromatic nitrogens is 1. The molecule has 1 aromatic rings. The Balaban J connectivity index is 2.20. The zero-order chi connectivity index (χ0) is 14.7. The van der Waals surface area contributed by atoms with Crippen molar-refractivity contribution in [1.29, 1.82) is 0 Å². The Hall–Kier alpha value is -1.60. The summed E-state index contributed by atoms with van der Waals surface area (Å²) in [5.74, 6) is -0.626. The fourth-order valence-corrected chi connectivity index (χ4v) is 2.40. The van der Waals surface area contributed by atoms with Crippen LogP contribution in [0.15, 0.2) is 4.42 Å². The molecule has 0 radical (unpaired) electrons. The zero-order valence-corrected chi connectivity index (χ0v) is 11.8. The molecule has 0 spiro atoms. The van der Waals surface area contributed by atoms with Crippen LogP contribution >= 0.6 is 0 Å². The third kappa shape index (κ3) is 2.94. The Morgan fingerprint density at radius 3 is 3.00 bits per heavy atom. The van der Waals surface area contributed by atoms with Gasteiger partial charge in [-0.15, -0.1) is 0 Å². The Morgan fingerprint density at radius 2 is 2.40 bits per heavy atom. The van der Waals surface area contributed by atoms with Gasteiger partial charge in [-0.25, -0.2) is 4.79 Å². The number of methoxy groups -OCH3 is 1. The van der Waals surface area contributed by atoms with Gasteiger partial charge < -0.3 is 24.9 Å². The van der Waals surface area contributed by atoms with E-state index < -0.39 is 5.97 Å². The second kappa shape index (κ2) is 6.23. The van der Waals surface area contributed by atoms with Gasteiger partial charge in [-0.3, -0.25) is 0 Å². The highest BCUT2D eigenvalue weighted by molar-refractivity contribution is 5.86. The summed E-state index contributed by atoms with van der Waals surface area (Å²) < 4.78 is 11.0. The Kier molecular flexibility index (Phi) is 4.61. The van der Waals surface area contributed by atoms with Crippen LogP contribution in [0, 0.1) is 0 Å². The summed E-state index contributed by atoms with van der Waals surface area (Å²) in [5.41, 5.74) is 5.97. The largest absolute Gasteiger partial charge is 0.476 e. The molecule has 0 aromatic carbocycles. The highest BCUT2D eigenvalue weighted by Crippen LogP contribution is 2.24. The Morgan fingerprint density at radius 1 is 1.65 bits per heavy atom. The van der Waals surface area contributed by atoms with Crippen molar-refractivity contribution in [1.82, 2.24) is 4.98 Å². The second-order valence-electron chi connectivity index (χ2n) is 5.00. The summed E-state index contributed by atoms with van der Waals surface area (Å²) in [4.78, 5) is 17.2. The van der Waals surface area contributed by atoms with E-state index in [1.807, 2.05) is 11.8 Å². The van der Waals surface area contributed by atoms with E-state index in [2.05, 4.69) is 4.98 Å². The number of oxazole rings is 1. The number of carboxylic acid groups (broad SMARTS) is 1. The fourth-order valence-electron chi connectivity index (χ4n) is 2.40. The first-order valence-corrected chi connectivity index (χ1v) is 6.83. The van der Waals surface area contributed by atoms with E-state index in [-0.39, 0.29) is 17.8 Å². The molecule has 2 unspecified atom stereocenters. The van der Waals surface area contributed by atoms with Crippen molar-refractivity contribution < 1.29 is 19.1 Å². The first kappa shape index (κ1) is 14.8. The van der Waals surface area contributed by atoms with Crippen LogP contribution in [0.5, 0.6) is 0 Å². The molecule has 2 heterocycles. The van der Waals surface area contributed by atoms with Gasteiger partial charge >= 0.3 is 5.97 Å². The van der Waals surface area contributed by atoms with E-state index in [0.717, 1.165) is 12.8 Å². The molecule has 0 amide bonds. The lowest BCUT2D eigenvalue weighted by Gasteiger charge is -2.34. The van der Waals surface area contributed by atoms with Crippen molar-refractivity contribution in [3.8, 4) is 0 Å². The molecule has 0 bridgehead atoms. The van der Waals surface area contributed by atoms with Crippen molar-refractivity contribution in [3.63, 3.8) is 0 Å². The number of anilines is 1. The normalized spacial score (nSPS) is 23.1. The summed E-state index contributed by atoms with van der Waals surface area (Å²) in [7, 11) is 1.62. The molecule has 20 heavy (non-hydrogen) atoms. The number of carboxylic acids is 1. The number of hydrogen-bond acceptors (Lipinski definition) is 6. The number of nitrogens with zero attached hydrogens (tertiary/aromatic N) is 2. The minimum atomic E-state index is -1.06. The molecular weight excluding hydrogens is 262 g/mol. The van der Waals surface area contributed by atoms with Crippen LogP contribution < -0.4 is 10.6 Å². The van der Waals surface area contributed by atoms with E-state index in [1.165, 1.54) is 0 Å². The van der Waals surface area contributed by atoms with Gasteiger partial charge in [-0.1, -0.05) is 6.92 Å². The van der Waals surface area contributed by atoms with Gasteiger partial charge in [0, 0.05) is 26.1 Å². The third-order valence-electron chi connectivity index (χ3n) is 3.55. The molecule has 112 valence electrons. The van der Waals surface area contributed by atoms with E-state index >= 15 is 0 Å². The van der Waals surface area contributed by atoms with Gasteiger partial charge in [-0.2, -0.15) is 4.98 Å². The summed E-state index contributed by atoms with van der Waals surface area (Å²) in [6.45, 7) is 3.21. The number of carbonyl (C=O) groups is 1. The fraction of sp³-hybridized carbons (Fsp3) is 0.692. The van der Waals surface area contributed by atoms with Gasteiger partial charge in [0.15, 0.2) is 5.69 Å². The predicted octanol–water partition coefficient (Wildman–Crippen LogP) is 0.878. The third-order valence-corrected chi connectivity index (χ3v) is 3.55. The average Bonchev–Trinajstić information content (AvgIpc) is 2.84. The number of rotatable bonds is 5. The van der Waals surface area contributed by atoms with Gasteiger partial charge in [0.2, 0.25) is 0 Å². The first-order valence-electron chi connectivity index (χ1n) is 6.83. The molecule has 1 aliphatic heterocycles. The number of nitrogens with two attached hydrogens (primary N) is 1. The molecule has 3 N–H and O–H groups in total. The number of aryl methyl sites for hydroxylation is 1. The Bertz CT molecular complexity index is 474. The molecule has 0 aliphatic carbocycles. The first-order chi connectivity index (χ1) is 9.56. The van der Waals surface area contributed by atoms with E-state index in [4.69, 9.17) is 20.0 Å². The van der Waals surface area contributed by atoms with Gasteiger partial charge in [-0.05, 0) is 12.8 Å². The standard InChI is InChI=1S/C13H21N3O4/c1-3-4-9-11(12(17)18)15-13(20-9)16-6-5-8(14)10(7-16)19-2/h8,10H,3-7,14H2,1-2H3,(H,17,18). The maximum atomic E-state index is 11.2. The molecule has 0 saturated carbocycles. The lowest BCUT2D eigenvalue weighted by molar-refractivity contribution is 0.0688. The van der Waals surface area contributed by atoms with E-state index in [1.54, 1.807) is 7.11 Å². The van der Waals surface area contributed by atoms with Crippen LogP contribution in [0.2, 0.25) is 0 Å². The number of piperidine rings is 1. The number of aromatic carboxylic acids is 1. The summed E-state index contributed by atoms with van der Waals surface area (Å²) in [5, 5.41) is 9.16. The smallest absolute Gasteiger partial charge is 0.358 e. The van der Waals surface area contributed by atoms with Crippen LogP contribution in [0.25, 0.3) is 0 Å². The Labute approximate surface area is 117 Å². The second-order valence-corrected chi connectivity index (χ2v) is 5.00. The summed E-state index contributed by atoms with van der Waals surface area (Å²) in [6.07, 6.45) is 2.03. The lowest BCUT2D eigenvalue weighted by Crippen LogP contribution is -2.51. The van der Waals surface area contributed by atoms with Crippen molar-refractivity contribution in [3.05, 3.63) is 11.5 Å². The maximum Gasteiger partial charge on any atom is 0.358 e. The lowest BCUT2D eigenvalue weighted by atomic mass is 10.0. The van der Waals surface area contributed by atoms with Gasteiger partial charge in [0.25, 0.3) is 6.01 Å². The van der Waals surface area contributed by atoms with Crippen molar-refractivity contribution in [2.45, 2.75) is 38.3 Å². The minimum absolute atomic E-state index is 0.00527. The highest BCUT2D eigenvalue weighted by atomic mass is 16.5. The molecule has 2 rings (SSSR count). The van der Waals surface area contributed by atoms with Crippen LogP contribution in [0.3, 0.4) is 0 Å². The van der Waals surface area contributed by atoms with Crippen molar-refractivity contribution in [2.75, 3.05) is 25.1 Å². The van der Waals surface area contributed by atoms with Gasteiger partial charge in [0.05, 0.1) is 12.6 Å². The SMILES string of the molecule is CCCc1oc(N2CCC(N)C(OC)C2)nc1C(=O)O. The minimum Gasteiger partial charge on any atom is -0.476 e. The average molecular weight is 283 g/mol. The summed E-state index contributed by atoms with van der Waals surface area (Å²) in [6, 6.07) is 0.333. The molecule has 2 atom stereocenters. The number of ether oxygens (including phenoxy) is 1. The maximum absolute atomic E-state index is 11.2. The van der Waals surface area contributed by atoms with Crippen LogP contribution in [-0.2, 0) is 11.2 Å². The summed E-state index contributed by atoms with van der Waals surface area (Å²) >= 11 is 0. The van der Waals surface area contributed by atoms with Crippen LogP contribution in [0.1, 0.15) is 36.0 Å². The van der Waals surface area contributed by atoms with E-state index in [9.17, 15) is 4.79 Å². The molecule has 1 fully saturated rings.